The lowest BCUT2D eigenvalue weighted by molar-refractivity contribution is 0.339. The van der Waals surface area contributed by atoms with Gasteiger partial charge >= 0.3 is 0 Å². The van der Waals surface area contributed by atoms with Crippen LogP contribution in [0.3, 0.4) is 0 Å². The predicted molar refractivity (Wildman–Crippen MR) is 58.4 cm³/mol. The Kier molecular flexibility index (Phi) is 4.14. The van der Waals surface area contributed by atoms with Crippen molar-refractivity contribution in [2.75, 3.05) is 18.1 Å². The summed E-state index contributed by atoms with van der Waals surface area (Å²) in [6.45, 7) is 2.56. The summed E-state index contributed by atoms with van der Waals surface area (Å²) in [5.74, 6) is 1.20. The van der Waals surface area contributed by atoms with Crippen LogP contribution in [0.25, 0.3) is 0 Å². The Morgan fingerprint density at radius 2 is 2.36 bits per heavy atom. The number of thioether (sulfide) groups is 1. The van der Waals surface area contributed by atoms with Crippen LogP contribution in [0.2, 0.25) is 0 Å². The van der Waals surface area contributed by atoms with E-state index in [0.717, 1.165) is 10.6 Å². The van der Waals surface area contributed by atoms with Crippen molar-refractivity contribution in [3.63, 3.8) is 0 Å². The van der Waals surface area contributed by atoms with Crippen LogP contribution in [-0.4, -0.2) is 12.4 Å². The maximum Gasteiger partial charge on any atom is 0.120 e. The summed E-state index contributed by atoms with van der Waals surface area (Å²) in [7, 11) is 0. The molecule has 4 heteroatoms. The van der Waals surface area contributed by atoms with Gasteiger partial charge in [0.1, 0.15) is 5.75 Å². The number of nitrogens with two attached hydrogens (primary N) is 1. The SMILES string of the molecule is CCOc1ccc(N)c(SCC#N)c1. The molecule has 1 aromatic carbocycles. The first kappa shape index (κ1) is 10.7. The fourth-order valence-electron chi connectivity index (χ4n) is 1.01. The molecular formula is C10H12N2OS. The molecular weight excluding hydrogens is 196 g/mol. The molecule has 0 saturated carbocycles. The second kappa shape index (κ2) is 5.40. The number of nitrogen functional groups attached to an aromatic ring is 1. The maximum absolute atomic E-state index is 8.45. The first-order valence-electron chi connectivity index (χ1n) is 4.30. The third-order valence-corrected chi connectivity index (χ3v) is 2.53. The number of anilines is 1. The maximum atomic E-state index is 8.45. The molecule has 0 bridgehead atoms. The molecule has 1 rings (SSSR count). The minimum atomic E-state index is 0.403. The van der Waals surface area contributed by atoms with Crippen molar-refractivity contribution in [1.29, 1.82) is 5.26 Å². The van der Waals surface area contributed by atoms with E-state index in [4.69, 9.17) is 15.7 Å². The van der Waals surface area contributed by atoms with Gasteiger partial charge in [-0.15, -0.1) is 11.8 Å². The zero-order valence-electron chi connectivity index (χ0n) is 7.99. The second-order valence-electron chi connectivity index (χ2n) is 2.58. The minimum absolute atomic E-state index is 0.403. The first-order chi connectivity index (χ1) is 6.77. The molecule has 0 unspecified atom stereocenters. The number of nitriles is 1. The lowest BCUT2D eigenvalue weighted by Gasteiger charge is -2.07. The summed E-state index contributed by atoms with van der Waals surface area (Å²) in [6.07, 6.45) is 0. The average molecular weight is 208 g/mol. The summed E-state index contributed by atoms with van der Waals surface area (Å²) in [5, 5.41) is 8.45. The third-order valence-electron chi connectivity index (χ3n) is 1.59. The van der Waals surface area contributed by atoms with Crippen molar-refractivity contribution in [3.8, 4) is 11.8 Å². The molecule has 0 saturated heterocycles. The number of benzene rings is 1. The minimum Gasteiger partial charge on any atom is -0.494 e. The molecule has 0 spiro atoms. The standard InChI is InChI=1S/C10H12N2OS/c1-2-13-8-3-4-9(12)10(7-8)14-6-5-11/h3-4,7H,2,6,12H2,1H3. The first-order valence-corrected chi connectivity index (χ1v) is 5.28. The van der Waals surface area contributed by atoms with Gasteiger partial charge in [-0.25, -0.2) is 0 Å². The molecule has 1 aromatic rings. The zero-order chi connectivity index (χ0) is 10.4. The molecule has 0 heterocycles. The summed E-state index contributed by atoms with van der Waals surface area (Å²) in [5.41, 5.74) is 6.43. The molecule has 0 atom stereocenters. The molecule has 2 N–H and O–H groups in total. The van der Waals surface area contributed by atoms with E-state index >= 15 is 0 Å². The molecule has 0 aliphatic rings. The van der Waals surface area contributed by atoms with Gasteiger partial charge in [-0.3, -0.25) is 0 Å². The average Bonchev–Trinajstić information content (AvgIpc) is 2.19. The van der Waals surface area contributed by atoms with Crippen molar-refractivity contribution < 1.29 is 4.74 Å². The predicted octanol–water partition coefficient (Wildman–Crippen LogP) is 2.28. The number of rotatable bonds is 4. The number of hydrogen-bond donors (Lipinski definition) is 1. The molecule has 0 aliphatic heterocycles. The van der Waals surface area contributed by atoms with Crippen molar-refractivity contribution in [3.05, 3.63) is 18.2 Å². The molecule has 0 fully saturated rings. The lowest BCUT2D eigenvalue weighted by Crippen LogP contribution is -1.94. The van der Waals surface area contributed by atoms with Crippen LogP contribution in [0, 0.1) is 11.3 Å². The highest BCUT2D eigenvalue weighted by Gasteiger charge is 2.01. The highest BCUT2D eigenvalue weighted by molar-refractivity contribution is 7.99. The van der Waals surface area contributed by atoms with Crippen LogP contribution < -0.4 is 10.5 Å². The monoisotopic (exact) mass is 208 g/mol. The van der Waals surface area contributed by atoms with E-state index in [-0.39, 0.29) is 0 Å². The molecule has 74 valence electrons. The second-order valence-corrected chi connectivity index (χ2v) is 3.60. The van der Waals surface area contributed by atoms with E-state index in [2.05, 4.69) is 6.07 Å². The Morgan fingerprint density at radius 3 is 3.00 bits per heavy atom. The highest BCUT2D eigenvalue weighted by Crippen LogP contribution is 2.28. The highest BCUT2D eigenvalue weighted by atomic mass is 32.2. The van der Waals surface area contributed by atoms with Gasteiger partial charge in [0.2, 0.25) is 0 Å². The van der Waals surface area contributed by atoms with E-state index in [9.17, 15) is 0 Å². The quantitative estimate of drug-likeness (QED) is 0.609. The van der Waals surface area contributed by atoms with Crippen LogP contribution in [0.15, 0.2) is 23.1 Å². The Morgan fingerprint density at radius 1 is 1.57 bits per heavy atom. The molecule has 0 amide bonds. The van der Waals surface area contributed by atoms with E-state index in [1.807, 2.05) is 19.1 Å². The van der Waals surface area contributed by atoms with Crippen LogP contribution in [0.5, 0.6) is 5.75 Å². The van der Waals surface area contributed by atoms with Gasteiger partial charge < -0.3 is 10.5 Å². The molecule has 0 radical (unpaired) electrons. The van der Waals surface area contributed by atoms with E-state index in [0.29, 0.717) is 18.0 Å². The lowest BCUT2D eigenvalue weighted by atomic mass is 10.3. The van der Waals surface area contributed by atoms with Crippen molar-refractivity contribution in [1.82, 2.24) is 0 Å². The van der Waals surface area contributed by atoms with Crippen LogP contribution in [0.4, 0.5) is 5.69 Å². The third kappa shape index (κ3) is 2.86. The van der Waals surface area contributed by atoms with Gasteiger partial charge in [0.15, 0.2) is 0 Å². The van der Waals surface area contributed by atoms with Gasteiger partial charge in [0.05, 0.1) is 18.4 Å². The van der Waals surface area contributed by atoms with Crippen molar-refractivity contribution in [2.45, 2.75) is 11.8 Å². The summed E-state index contributed by atoms with van der Waals surface area (Å²) >= 11 is 1.42. The Labute approximate surface area is 87.9 Å². The number of nitrogens with zero attached hydrogens (tertiary/aromatic N) is 1. The Hall–Kier alpha value is -1.34. The zero-order valence-corrected chi connectivity index (χ0v) is 8.80. The van der Waals surface area contributed by atoms with Gasteiger partial charge in [-0.2, -0.15) is 5.26 Å². The van der Waals surface area contributed by atoms with Crippen LogP contribution in [0.1, 0.15) is 6.92 Å². The number of hydrogen-bond acceptors (Lipinski definition) is 4. The van der Waals surface area contributed by atoms with Gasteiger partial charge in [-0.1, -0.05) is 0 Å². The van der Waals surface area contributed by atoms with E-state index in [1.54, 1.807) is 6.07 Å². The smallest absolute Gasteiger partial charge is 0.120 e. The molecule has 0 aromatic heterocycles. The Balaban J connectivity index is 2.80. The van der Waals surface area contributed by atoms with Crippen molar-refractivity contribution in [2.24, 2.45) is 0 Å². The van der Waals surface area contributed by atoms with Gasteiger partial charge in [0, 0.05) is 10.6 Å². The normalized spacial score (nSPS) is 9.43. The van der Waals surface area contributed by atoms with E-state index < -0.39 is 0 Å². The van der Waals surface area contributed by atoms with Gasteiger partial charge in [0.25, 0.3) is 0 Å². The summed E-state index contributed by atoms with van der Waals surface area (Å²) < 4.78 is 5.33. The molecule has 3 nitrogen and oxygen atoms in total. The van der Waals surface area contributed by atoms with Crippen LogP contribution >= 0.6 is 11.8 Å². The largest absolute Gasteiger partial charge is 0.494 e. The van der Waals surface area contributed by atoms with Crippen molar-refractivity contribution >= 4 is 17.4 Å². The topological polar surface area (TPSA) is 59.0 Å². The summed E-state index contributed by atoms with van der Waals surface area (Å²) in [4.78, 5) is 0.900. The Bertz CT molecular complexity index is 346. The molecule has 14 heavy (non-hydrogen) atoms. The fraction of sp³-hybridized carbons (Fsp3) is 0.300. The van der Waals surface area contributed by atoms with E-state index in [1.165, 1.54) is 11.8 Å². The molecule has 0 aliphatic carbocycles. The summed E-state index contributed by atoms with van der Waals surface area (Å²) in [6, 6.07) is 7.55. The number of ether oxygens (including phenoxy) is 1. The fourth-order valence-corrected chi connectivity index (χ4v) is 1.66. The van der Waals surface area contributed by atoms with Gasteiger partial charge in [-0.05, 0) is 25.1 Å². The van der Waals surface area contributed by atoms with Crippen LogP contribution in [-0.2, 0) is 0 Å².